The van der Waals surface area contributed by atoms with Crippen LogP contribution in [0.2, 0.25) is 0 Å². The van der Waals surface area contributed by atoms with Gasteiger partial charge in [0.1, 0.15) is 13.8 Å². The Bertz CT molecular complexity index is 233. The van der Waals surface area contributed by atoms with E-state index in [4.69, 9.17) is 0 Å². The molecule has 0 aromatic heterocycles. The van der Waals surface area contributed by atoms with Gasteiger partial charge in [-0.15, -0.1) is 0 Å². The molecule has 1 spiro atoms. The van der Waals surface area contributed by atoms with Gasteiger partial charge in [0.2, 0.25) is 0 Å². The lowest BCUT2D eigenvalue weighted by atomic mass is 9.62. The first-order valence-corrected chi connectivity index (χ1v) is 5.05. The highest BCUT2D eigenvalue weighted by molar-refractivity contribution is 5.23. The fourth-order valence-electron chi connectivity index (χ4n) is 3.70. The summed E-state index contributed by atoms with van der Waals surface area (Å²) in [4.78, 5) is 0. The molecule has 0 N–H and O–H groups in total. The van der Waals surface area contributed by atoms with E-state index < -0.39 is 0 Å². The van der Waals surface area contributed by atoms with Gasteiger partial charge < -0.3 is 0 Å². The molecule has 2 aliphatic carbocycles. The van der Waals surface area contributed by atoms with Crippen molar-refractivity contribution in [1.82, 2.24) is 0 Å². The van der Waals surface area contributed by atoms with Crippen molar-refractivity contribution >= 4 is 6.72 Å². The maximum atomic E-state index is 4.02. The topological polar surface area (TPSA) is 3.01 Å². The van der Waals surface area contributed by atoms with E-state index in [0.29, 0.717) is 5.41 Å². The van der Waals surface area contributed by atoms with E-state index in [1.54, 1.807) is 0 Å². The van der Waals surface area contributed by atoms with Gasteiger partial charge in [0, 0.05) is 11.3 Å². The molecule has 1 heteroatoms. The molecular formula is C11H20N+. The number of hydrogen-bond acceptors (Lipinski definition) is 0. The molecule has 0 amide bonds. The second kappa shape index (κ2) is 2.12. The average Bonchev–Trinajstić information content (AvgIpc) is 2.59. The van der Waals surface area contributed by atoms with E-state index in [-0.39, 0.29) is 0 Å². The van der Waals surface area contributed by atoms with Crippen LogP contribution in [0.4, 0.5) is 0 Å². The van der Waals surface area contributed by atoms with Crippen LogP contribution in [0.25, 0.3) is 0 Å². The SMILES string of the molecule is C=[N+](C)C1C(C)C12CC(C)C2C. The molecule has 2 fully saturated rings. The van der Waals surface area contributed by atoms with Crippen LogP contribution in [0.5, 0.6) is 0 Å². The molecule has 1 nitrogen and oxygen atoms in total. The Morgan fingerprint density at radius 3 is 2.08 bits per heavy atom. The molecule has 0 aromatic rings. The number of rotatable bonds is 1. The lowest BCUT2D eigenvalue weighted by Crippen LogP contribution is -2.39. The van der Waals surface area contributed by atoms with Gasteiger partial charge in [-0.05, 0) is 18.3 Å². The van der Waals surface area contributed by atoms with Crippen LogP contribution >= 0.6 is 0 Å². The Morgan fingerprint density at radius 2 is 1.83 bits per heavy atom. The zero-order chi connectivity index (χ0) is 9.09. The summed E-state index contributed by atoms with van der Waals surface area (Å²) in [7, 11) is 2.12. The summed E-state index contributed by atoms with van der Waals surface area (Å²) < 4.78 is 2.17. The molecular weight excluding hydrogens is 146 g/mol. The summed E-state index contributed by atoms with van der Waals surface area (Å²) in [6, 6.07) is 0.767. The standard InChI is InChI=1S/C11H20N/c1-7-6-11(8(7)2)9(3)10(11)12(4)5/h7-10H,4,6H2,1-3,5H3/q+1. The van der Waals surface area contributed by atoms with Gasteiger partial charge in [0.15, 0.2) is 6.04 Å². The van der Waals surface area contributed by atoms with Crippen molar-refractivity contribution in [2.24, 2.45) is 23.2 Å². The summed E-state index contributed by atoms with van der Waals surface area (Å²) >= 11 is 0. The third kappa shape index (κ3) is 0.681. The number of nitrogens with zero attached hydrogens (tertiary/aromatic N) is 1. The van der Waals surface area contributed by atoms with Gasteiger partial charge in [-0.2, -0.15) is 0 Å². The van der Waals surface area contributed by atoms with Crippen molar-refractivity contribution in [1.29, 1.82) is 0 Å². The molecule has 12 heavy (non-hydrogen) atoms. The van der Waals surface area contributed by atoms with Crippen molar-refractivity contribution < 1.29 is 4.58 Å². The van der Waals surface area contributed by atoms with Gasteiger partial charge in [0.25, 0.3) is 0 Å². The third-order valence-electron chi connectivity index (χ3n) is 4.61. The van der Waals surface area contributed by atoms with E-state index in [1.165, 1.54) is 6.42 Å². The first-order valence-electron chi connectivity index (χ1n) is 5.05. The summed E-state index contributed by atoms with van der Waals surface area (Å²) in [6.45, 7) is 11.2. The maximum Gasteiger partial charge on any atom is 0.161 e. The Kier molecular flexibility index (Phi) is 1.47. The lowest BCUT2D eigenvalue weighted by Gasteiger charge is -2.41. The molecule has 0 aromatic carbocycles. The smallest absolute Gasteiger partial charge is 0.161 e. The average molecular weight is 166 g/mol. The van der Waals surface area contributed by atoms with Crippen LogP contribution in [-0.4, -0.2) is 24.4 Å². The predicted molar refractivity (Wildman–Crippen MR) is 51.6 cm³/mol. The highest BCUT2D eigenvalue weighted by Gasteiger charge is 2.76. The monoisotopic (exact) mass is 166 g/mol. The fourth-order valence-corrected chi connectivity index (χ4v) is 3.70. The van der Waals surface area contributed by atoms with Gasteiger partial charge in [-0.1, -0.05) is 20.8 Å². The normalized spacial score (nSPS) is 56.7. The predicted octanol–water partition coefficient (Wildman–Crippen LogP) is 2.01. The van der Waals surface area contributed by atoms with Crippen LogP contribution in [0.15, 0.2) is 0 Å². The quantitative estimate of drug-likeness (QED) is 0.414. The lowest BCUT2D eigenvalue weighted by molar-refractivity contribution is -0.516. The van der Waals surface area contributed by atoms with Gasteiger partial charge in [-0.3, -0.25) is 0 Å². The highest BCUT2D eigenvalue weighted by atomic mass is 15.1. The van der Waals surface area contributed by atoms with Crippen LogP contribution in [0.3, 0.4) is 0 Å². The Hall–Kier alpha value is -0.330. The first kappa shape index (κ1) is 8.28. The molecule has 5 unspecified atom stereocenters. The van der Waals surface area contributed by atoms with E-state index >= 15 is 0 Å². The second-order valence-corrected chi connectivity index (χ2v) is 5.07. The Morgan fingerprint density at radius 1 is 1.25 bits per heavy atom. The largest absolute Gasteiger partial charge is 0.241 e. The maximum absolute atomic E-state index is 4.02. The molecule has 68 valence electrons. The fraction of sp³-hybridized carbons (Fsp3) is 0.909. The van der Waals surface area contributed by atoms with E-state index in [9.17, 15) is 0 Å². The van der Waals surface area contributed by atoms with Gasteiger partial charge in [0.05, 0.1) is 0 Å². The first-order chi connectivity index (χ1) is 5.51. The van der Waals surface area contributed by atoms with E-state index in [2.05, 4.69) is 39.1 Å². The highest BCUT2D eigenvalue weighted by Crippen LogP contribution is 2.71. The summed E-state index contributed by atoms with van der Waals surface area (Å²) in [5.74, 6) is 2.74. The Balaban J connectivity index is 2.13. The summed E-state index contributed by atoms with van der Waals surface area (Å²) in [5.41, 5.74) is 0.663. The summed E-state index contributed by atoms with van der Waals surface area (Å²) in [6.07, 6.45) is 1.43. The van der Waals surface area contributed by atoms with Crippen LogP contribution in [0, 0.1) is 23.2 Å². The zero-order valence-corrected chi connectivity index (χ0v) is 8.67. The molecule has 0 bridgehead atoms. The minimum Gasteiger partial charge on any atom is -0.241 e. The molecule has 5 atom stereocenters. The minimum atomic E-state index is 0.663. The van der Waals surface area contributed by atoms with Crippen LogP contribution < -0.4 is 0 Å². The third-order valence-corrected chi connectivity index (χ3v) is 4.61. The molecule has 2 saturated carbocycles. The molecule has 0 radical (unpaired) electrons. The van der Waals surface area contributed by atoms with Crippen molar-refractivity contribution in [2.45, 2.75) is 33.2 Å². The van der Waals surface area contributed by atoms with Crippen LogP contribution in [-0.2, 0) is 0 Å². The molecule has 2 aliphatic rings. The Labute approximate surface area is 75.5 Å². The second-order valence-electron chi connectivity index (χ2n) is 5.07. The molecule has 0 aliphatic heterocycles. The molecule has 2 rings (SSSR count). The van der Waals surface area contributed by atoms with Crippen molar-refractivity contribution in [3.8, 4) is 0 Å². The van der Waals surface area contributed by atoms with Crippen molar-refractivity contribution in [3.63, 3.8) is 0 Å². The zero-order valence-electron chi connectivity index (χ0n) is 8.67. The van der Waals surface area contributed by atoms with Crippen molar-refractivity contribution in [2.75, 3.05) is 7.05 Å². The van der Waals surface area contributed by atoms with Gasteiger partial charge in [-0.25, -0.2) is 4.58 Å². The summed E-state index contributed by atoms with van der Waals surface area (Å²) in [5, 5.41) is 0. The van der Waals surface area contributed by atoms with Crippen LogP contribution in [0.1, 0.15) is 27.2 Å². The van der Waals surface area contributed by atoms with Crippen molar-refractivity contribution in [3.05, 3.63) is 0 Å². The molecule has 0 saturated heterocycles. The van der Waals surface area contributed by atoms with E-state index in [0.717, 1.165) is 23.8 Å². The van der Waals surface area contributed by atoms with Gasteiger partial charge >= 0.3 is 0 Å². The minimum absolute atomic E-state index is 0.663. The van der Waals surface area contributed by atoms with E-state index in [1.807, 2.05) is 0 Å². The molecule has 0 heterocycles. The number of hydrogen-bond donors (Lipinski definition) is 0.